The van der Waals surface area contributed by atoms with Crippen LogP contribution in [0, 0.1) is 0 Å². The van der Waals surface area contributed by atoms with E-state index in [9.17, 15) is 4.79 Å². The predicted molar refractivity (Wildman–Crippen MR) is 104 cm³/mol. The van der Waals surface area contributed by atoms with Gasteiger partial charge in [-0.05, 0) is 31.2 Å². The summed E-state index contributed by atoms with van der Waals surface area (Å²) in [5.41, 5.74) is 1.73. The van der Waals surface area contributed by atoms with E-state index in [0.717, 1.165) is 32.2 Å². The van der Waals surface area contributed by atoms with Crippen molar-refractivity contribution in [3.63, 3.8) is 0 Å². The quantitative estimate of drug-likeness (QED) is 0.584. The number of benzene rings is 1. The zero-order valence-corrected chi connectivity index (χ0v) is 15.3. The second kappa shape index (κ2) is 9.90. The Morgan fingerprint density at radius 3 is 2.46 bits per heavy atom. The molecule has 2 N–H and O–H groups in total. The van der Waals surface area contributed by atoms with Crippen LogP contribution < -0.4 is 10.6 Å². The van der Waals surface area contributed by atoms with E-state index >= 15 is 0 Å². The van der Waals surface area contributed by atoms with E-state index in [1.165, 1.54) is 31.2 Å². The molecule has 138 valence electrons. The van der Waals surface area contributed by atoms with Crippen molar-refractivity contribution in [2.75, 3.05) is 11.9 Å². The number of hydrogen-bond donors (Lipinski definition) is 2. The van der Waals surface area contributed by atoms with Crippen LogP contribution in [-0.4, -0.2) is 28.5 Å². The largest absolute Gasteiger partial charge is 0.369 e. The summed E-state index contributed by atoms with van der Waals surface area (Å²) < 4.78 is 0. The van der Waals surface area contributed by atoms with Gasteiger partial charge in [-0.3, -0.25) is 4.79 Å². The van der Waals surface area contributed by atoms with Gasteiger partial charge in [0.05, 0.1) is 12.4 Å². The highest BCUT2D eigenvalue weighted by molar-refractivity contribution is 5.92. The second-order valence-corrected chi connectivity index (χ2v) is 6.96. The summed E-state index contributed by atoms with van der Waals surface area (Å²) in [6.07, 6.45) is 12.3. The van der Waals surface area contributed by atoms with Crippen LogP contribution in [-0.2, 0) is 6.42 Å². The minimum Gasteiger partial charge on any atom is -0.369 e. The molecule has 1 aliphatic rings. The van der Waals surface area contributed by atoms with E-state index < -0.39 is 0 Å². The molecule has 0 aliphatic heterocycles. The molecule has 0 unspecified atom stereocenters. The average molecular weight is 352 g/mol. The van der Waals surface area contributed by atoms with Crippen molar-refractivity contribution in [2.45, 2.75) is 57.4 Å². The van der Waals surface area contributed by atoms with Crippen LogP contribution >= 0.6 is 0 Å². The molecule has 1 aliphatic carbocycles. The van der Waals surface area contributed by atoms with Gasteiger partial charge in [0.2, 0.25) is 0 Å². The third-order valence-electron chi connectivity index (χ3n) is 4.87. The summed E-state index contributed by atoms with van der Waals surface area (Å²) in [4.78, 5) is 20.9. The topological polar surface area (TPSA) is 66.9 Å². The Bertz CT molecular complexity index is 664. The van der Waals surface area contributed by atoms with Crippen LogP contribution in [0.1, 0.15) is 61.0 Å². The lowest BCUT2D eigenvalue weighted by Crippen LogP contribution is -2.34. The van der Waals surface area contributed by atoms with Gasteiger partial charge in [-0.15, -0.1) is 0 Å². The Hall–Kier alpha value is -2.43. The van der Waals surface area contributed by atoms with Crippen molar-refractivity contribution in [1.82, 2.24) is 15.3 Å². The number of hydrogen-bond acceptors (Lipinski definition) is 4. The first-order chi connectivity index (χ1) is 12.8. The van der Waals surface area contributed by atoms with Gasteiger partial charge >= 0.3 is 0 Å². The molecule has 0 saturated heterocycles. The summed E-state index contributed by atoms with van der Waals surface area (Å²) in [6.45, 7) is 0.831. The fourth-order valence-corrected chi connectivity index (χ4v) is 3.37. The highest BCUT2D eigenvalue weighted by Crippen LogP contribution is 2.17. The second-order valence-electron chi connectivity index (χ2n) is 6.96. The van der Waals surface area contributed by atoms with Crippen LogP contribution in [0.5, 0.6) is 0 Å². The summed E-state index contributed by atoms with van der Waals surface area (Å²) in [5, 5.41) is 6.37. The standard InChI is InChI=1S/C21H28N4O/c26-21(25-18-12-6-1-2-7-13-18)19-15-24-20(16-23-19)22-14-8-11-17-9-4-3-5-10-17/h3-5,9-10,15-16,18H,1-2,6-8,11-14H2,(H,22,24)(H,25,26). The monoisotopic (exact) mass is 352 g/mol. The zero-order chi connectivity index (χ0) is 18.0. The maximum Gasteiger partial charge on any atom is 0.271 e. The molecule has 1 saturated carbocycles. The minimum atomic E-state index is -0.111. The van der Waals surface area contributed by atoms with Gasteiger partial charge in [0, 0.05) is 12.6 Å². The van der Waals surface area contributed by atoms with Crippen LogP contribution in [0.4, 0.5) is 5.82 Å². The van der Waals surface area contributed by atoms with Crippen molar-refractivity contribution in [1.29, 1.82) is 0 Å². The highest BCUT2D eigenvalue weighted by Gasteiger charge is 2.16. The highest BCUT2D eigenvalue weighted by atomic mass is 16.1. The van der Waals surface area contributed by atoms with Gasteiger partial charge < -0.3 is 10.6 Å². The molecule has 0 radical (unpaired) electrons. The van der Waals surface area contributed by atoms with E-state index in [1.54, 1.807) is 12.4 Å². The van der Waals surface area contributed by atoms with Crippen LogP contribution in [0.2, 0.25) is 0 Å². The lowest BCUT2D eigenvalue weighted by atomic mass is 10.1. The summed E-state index contributed by atoms with van der Waals surface area (Å²) in [5.74, 6) is 0.601. The van der Waals surface area contributed by atoms with Crippen molar-refractivity contribution >= 4 is 11.7 Å². The van der Waals surface area contributed by atoms with E-state index in [2.05, 4.69) is 44.9 Å². The smallest absolute Gasteiger partial charge is 0.271 e. The van der Waals surface area contributed by atoms with Gasteiger partial charge in [0.15, 0.2) is 0 Å². The molecule has 0 spiro atoms. The molecular formula is C21H28N4O. The third-order valence-corrected chi connectivity index (χ3v) is 4.87. The van der Waals surface area contributed by atoms with E-state index in [4.69, 9.17) is 0 Å². The normalized spacial score (nSPS) is 15.2. The number of aryl methyl sites for hydroxylation is 1. The maximum absolute atomic E-state index is 12.3. The zero-order valence-electron chi connectivity index (χ0n) is 15.3. The van der Waals surface area contributed by atoms with Crippen molar-refractivity contribution in [3.8, 4) is 0 Å². The Morgan fingerprint density at radius 2 is 1.77 bits per heavy atom. The summed E-state index contributed by atoms with van der Waals surface area (Å²) in [6, 6.07) is 10.7. The molecule has 0 atom stereocenters. The lowest BCUT2D eigenvalue weighted by Gasteiger charge is -2.15. The number of nitrogens with one attached hydrogen (secondary N) is 2. The van der Waals surface area contributed by atoms with Gasteiger partial charge in [-0.2, -0.15) is 0 Å². The molecule has 3 rings (SSSR count). The molecule has 26 heavy (non-hydrogen) atoms. The van der Waals surface area contributed by atoms with Crippen LogP contribution in [0.3, 0.4) is 0 Å². The number of carbonyl (C=O) groups is 1. The Morgan fingerprint density at radius 1 is 1.00 bits per heavy atom. The molecule has 1 fully saturated rings. The lowest BCUT2D eigenvalue weighted by molar-refractivity contribution is 0.0928. The Labute approximate surface area is 155 Å². The predicted octanol–water partition coefficient (Wildman–Crippen LogP) is 3.97. The number of amides is 1. The molecule has 5 nitrogen and oxygen atoms in total. The number of anilines is 1. The fourth-order valence-electron chi connectivity index (χ4n) is 3.37. The van der Waals surface area contributed by atoms with Crippen LogP contribution in [0.25, 0.3) is 0 Å². The molecule has 1 aromatic carbocycles. The third kappa shape index (κ3) is 5.83. The minimum absolute atomic E-state index is 0.111. The van der Waals surface area contributed by atoms with Crippen molar-refractivity contribution < 1.29 is 4.79 Å². The van der Waals surface area contributed by atoms with E-state index in [-0.39, 0.29) is 11.9 Å². The summed E-state index contributed by atoms with van der Waals surface area (Å²) in [7, 11) is 0. The van der Waals surface area contributed by atoms with Crippen molar-refractivity contribution in [3.05, 3.63) is 54.0 Å². The Kier molecular flexibility index (Phi) is 6.99. The molecule has 1 amide bonds. The maximum atomic E-state index is 12.3. The first-order valence-electron chi connectivity index (χ1n) is 9.72. The molecule has 2 aromatic rings. The number of carbonyl (C=O) groups excluding carboxylic acids is 1. The summed E-state index contributed by atoms with van der Waals surface area (Å²) >= 11 is 0. The van der Waals surface area contributed by atoms with Gasteiger partial charge in [-0.1, -0.05) is 56.0 Å². The number of nitrogens with zero attached hydrogens (tertiary/aromatic N) is 2. The number of rotatable bonds is 7. The molecule has 1 heterocycles. The first kappa shape index (κ1) is 18.4. The molecule has 5 heteroatoms. The fraction of sp³-hybridized carbons (Fsp3) is 0.476. The van der Waals surface area contributed by atoms with Gasteiger partial charge in [-0.25, -0.2) is 9.97 Å². The number of aromatic nitrogens is 2. The average Bonchev–Trinajstić information content (AvgIpc) is 2.95. The van der Waals surface area contributed by atoms with E-state index in [0.29, 0.717) is 11.5 Å². The van der Waals surface area contributed by atoms with E-state index in [1.807, 2.05) is 6.07 Å². The Balaban J connectivity index is 1.41. The van der Waals surface area contributed by atoms with Crippen molar-refractivity contribution in [2.24, 2.45) is 0 Å². The molecule has 1 aromatic heterocycles. The molecular weight excluding hydrogens is 324 g/mol. The van der Waals surface area contributed by atoms with Crippen LogP contribution in [0.15, 0.2) is 42.7 Å². The van der Waals surface area contributed by atoms with Gasteiger partial charge in [0.25, 0.3) is 5.91 Å². The van der Waals surface area contributed by atoms with Gasteiger partial charge in [0.1, 0.15) is 11.5 Å². The molecule has 0 bridgehead atoms. The SMILES string of the molecule is O=C(NC1CCCCCC1)c1cnc(NCCCc2ccccc2)cn1. The first-order valence-corrected chi connectivity index (χ1v) is 9.72.